The maximum atomic E-state index is 11.9. The van der Waals surface area contributed by atoms with Crippen molar-refractivity contribution in [3.63, 3.8) is 0 Å². The van der Waals surface area contributed by atoms with Gasteiger partial charge in [0.05, 0.1) is 4.91 Å². The van der Waals surface area contributed by atoms with Crippen LogP contribution < -0.4 is 5.32 Å². The number of amides is 1. The molecule has 1 N–H and O–H groups in total. The van der Waals surface area contributed by atoms with Gasteiger partial charge in [-0.15, -0.1) is 0 Å². The molecule has 0 aromatic heterocycles. The molecule has 1 aliphatic rings. The van der Waals surface area contributed by atoms with E-state index in [0.717, 1.165) is 16.3 Å². The molecule has 0 aliphatic carbocycles. The number of terminal acetylenes is 1. The second kappa shape index (κ2) is 5.24. The molecule has 3 rings (SSSR count). The van der Waals surface area contributed by atoms with Gasteiger partial charge in [-0.2, -0.15) is 4.99 Å². The first-order valence-electron chi connectivity index (χ1n) is 6.00. The molecule has 1 amide bonds. The average Bonchev–Trinajstić information content (AvgIpc) is 2.80. The highest BCUT2D eigenvalue weighted by Gasteiger charge is 2.23. The fourth-order valence-corrected chi connectivity index (χ4v) is 2.84. The van der Waals surface area contributed by atoms with Crippen molar-refractivity contribution in [1.82, 2.24) is 5.32 Å². The Hall–Kier alpha value is -2.51. The number of hydrogen-bond donors (Lipinski definition) is 1. The summed E-state index contributed by atoms with van der Waals surface area (Å²) in [7, 11) is 0. The number of benzene rings is 2. The first kappa shape index (κ1) is 12.5. The van der Waals surface area contributed by atoms with E-state index >= 15 is 0 Å². The number of carbonyl (C=O) groups excluding carboxylic acids is 1. The number of fused-ring (bicyclic) bond motifs is 1. The topological polar surface area (TPSA) is 41.5 Å². The van der Waals surface area contributed by atoms with Crippen molar-refractivity contribution in [2.75, 3.05) is 0 Å². The smallest absolute Gasteiger partial charge is 0.264 e. The maximum absolute atomic E-state index is 11.9. The Balaban J connectivity index is 2.05. The molecular weight excluding hydrogens is 268 g/mol. The molecule has 0 atom stereocenters. The quantitative estimate of drug-likeness (QED) is 0.643. The number of nitrogens with zero attached hydrogens (tertiary/aromatic N) is 1. The van der Waals surface area contributed by atoms with E-state index < -0.39 is 0 Å². The van der Waals surface area contributed by atoms with Crippen molar-refractivity contribution in [3.8, 4) is 12.5 Å². The van der Waals surface area contributed by atoms with E-state index in [1.165, 1.54) is 11.8 Å². The Morgan fingerprint density at radius 2 is 2.00 bits per heavy atom. The standard InChI is InChI=1S/C16H10N2OS/c1-2-17-16-18-15(19)14(20-16)10-12-8-5-7-11-6-3-4-9-13(11)12/h1,3-10H,(H,17,18,19)/b14-10-. The zero-order valence-electron chi connectivity index (χ0n) is 10.5. The van der Waals surface area contributed by atoms with Crippen LogP contribution in [0.4, 0.5) is 0 Å². The molecule has 1 heterocycles. The van der Waals surface area contributed by atoms with Gasteiger partial charge in [0.25, 0.3) is 5.91 Å². The second-order valence-electron chi connectivity index (χ2n) is 4.18. The third kappa shape index (κ3) is 2.31. The molecular formula is C16H10N2OS. The number of nitrogens with one attached hydrogen (secondary N) is 1. The van der Waals surface area contributed by atoms with Crippen LogP contribution in [-0.2, 0) is 4.79 Å². The summed E-state index contributed by atoms with van der Waals surface area (Å²) in [5, 5.41) is 5.34. The molecule has 2 aromatic rings. The average molecular weight is 278 g/mol. The van der Waals surface area contributed by atoms with Crippen molar-refractivity contribution in [2.24, 2.45) is 4.99 Å². The van der Waals surface area contributed by atoms with Gasteiger partial charge in [-0.3, -0.25) is 10.1 Å². The minimum Gasteiger partial charge on any atom is -0.300 e. The van der Waals surface area contributed by atoms with Crippen LogP contribution in [0.5, 0.6) is 0 Å². The van der Waals surface area contributed by atoms with Crippen molar-refractivity contribution < 1.29 is 4.79 Å². The molecule has 20 heavy (non-hydrogen) atoms. The number of amidine groups is 1. The van der Waals surface area contributed by atoms with E-state index in [0.29, 0.717) is 10.1 Å². The number of thioether (sulfide) groups is 1. The third-order valence-electron chi connectivity index (χ3n) is 2.93. The van der Waals surface area contributed by atoms with Crippen LogP contribution in [-0.4, -0.2) is 11.1 Å². The molecule has 1 saturated heterocycles. The predicted octanol–water partition coefficient (Wildman–Crippen LogP) is 2.99. The van der Waals surface area contributed by atoms with Crippen LogP contribution in [0.1, 0.15) is 5.56 Å². The van der Waals surface area contributed by atoms with E-state index in [9.17, 15) is 4.79 Å². The highest BCUT2D eigenvalue weighted by atomic mass is 32.2. The minimum atomic E-state index is -0.170. The number of carbonyl (C=O) groups is 1. The summed E-state index contributed by atoms with van der Waals surface area (Å²) in [6.07, 6.45) is 6.97. The van der Waals surface area contributed by atoms with Gasteiger partial charge in [-0.1, -0.05) is 48.9 Å². The lowest BCUT2D eigenvalue weighted by molar-refractivity contribution is -0.115. The number of rotatable bonds is 1. The Bertz CT molecular complexity index is 794. The zero-order chi connectivity index (χ0) is 13.9. The molecule has 0 spiro atoms. The van der Waals surface area contributed by atoms with E-state index in [-0.39, 0.29) is 5.91 Å². The van der Waals surface area contributed by atoms with Gasteiger partial charge >= 0.3 is 0 Å². The summed E-state index contributed by atoms with van der Waals surface area (Å²) >= 11 is 1.25. The number of hydrogen-bond acceptors (Lipinski definition) is 3. The van der Waals surface area contributed by atoms with Gasteiger partial charge in [-0.05, 0) is 34.2 Å². The SMILES string of the molecule is C#CN=C1NC(=O)/C(=C/c2cccc3ccccc23)S1. The molecule has 1 aliphatic heterocycles. The summed E-state index contributed by atoms with van der Waals surface area (Å²) in [4.78, 5) is 16.2. The molecule has 0 saturated carbocycles. The first-order chi connectivity index (χ1) is 9.78. The normalized spacial score (nSPS) is 18.4. The minimum absolute atomic E-state index is 0.170. The van der Waals surface area contributed by atoms with E-state index in [2.05, 4.69) is 16.4 Å². The fourth-order valence-electron chi connectivity index (χ4n) is 2.06. The molecule has 4 heteroatoms. The van der Waals surface area contributed by atoms with Crippen LogP contribution in [0.2, 0.25) is 0 Å². The second-order valence-corrected chi connectivity index (χ2v) is 5.21. The molecule has 0 bridgehead atoms. The summed E-state index contributed by atoms with van der Waals surface area (Å²) < 4.78 is 0. The van der Waals surface area contributed by atoms with Crippen molar-refractivity contribution in [3.05, 3.63) is 52.9 Å². The van der Waals surface area contributed by atoms with Gasteiger partial charge < -0.3 is 0 Å². The highest BCUT2D eigenvalue weighted by molar-refractivity contribution is 8.18. The van der Waals surface area contributed by atoms with Gasteiger partial charge in [0, 0.05) is 6.04 Å². The number of aliphatic imine (C=N–C) groups is 1. The van der Waals surface area contributed by atoms with Crippen LogP contribution >= 0.6 is 11.8 Å². The Labute approximate surface area is 120 Å². The Kier molecular flexibility index (Phi) is 3.28. The molecule has 0 radical (unpaired) electrons. The monoisotopic (exact) mass is 278 g/mol. The van der Waals surface area contributed by atoms with Gasteiger partial charge in [0.15, 0.2) is 5.17 Å². The van der Waals surface area contributed by atoms with Gasteiger partial charge in [-0.25, -0.2) is 0 Å². The molecule has 2 aromatic carbocycles. The first-order valence-corrected chi connectivity index (χ1v) is 6.81. The Morgan fingerprint density at radius 3 is 2.85 bits per heavy atom. The Morgan fingerprint density at radius 1 is 1.20 bits per heavy atom. The zero-order valence-corrected chi connectivity index (χ0v) is 11.3. The van der Waals surface area contributed by atoms with Crippen LogP contribution in [0, 0.1) is 12.5 Å². The van der Waals surface area contributed by atoms with Crippen molar-refractivity contribution >= 4 is 39.7 Å². The lowest BCUT2D eigenvalue weighted by atomic mass is 10.0. The van der Waals surface area contributed by atoms with E-state index in [4.69, 9.17) is 6.42 Å². The molecule has 0 unspecified atom stereocenters. The lowest BCUT2D eigenvalue weighted by Crippen LogP contribution is -2.19. The van der Waals surface area contributed by atoms with Gasteiger partial charge in [0.1, 0.15) is 0 Å². The molecule has 3 nitrogen and oxygen atoms in total. The van der Waals surface area contributed by atoms with E-state index in [1.54, 1.807) is 0 Å². The van der Waals surface area contributed by atoms with Crippen molar-refractivity contribution in [1.29, 1.82) is 0 Å². The summed E-state index contributed by atoms with van der Waals surface area (Å²) in [6, 6.07) is 16.2. The third-order valence-corrected chi connectivity index (χ3v) is 3.84. The van der Waals surface area contributed by atoms with E-state index in [1.807, 2.05) is 48.5 Å². The predicted molar refractivity (Wildman–Crippen MR) is 83.9 cm³/mol. The summed E-state index contributed by atoms with van der Waals surface area (Å²) in [6.45, 7) is 0. The van der Waals surface area contributed by atoms with Gasteiger partial charge in [0.2, 0.25) is 0 Å². The van der Waals surface area contributed by atoms with Crippen LogP contribution in [0.3, 0.4) is 0 Å². The lowest BCUT2D eigenvalue weighted by Gasteiger charge is -2.02. The van der Waals surface area contributed by atoms with Crippen LogP contribution in [0.15, 0.2) is 52.4 Å². The molecule has 1 fully saturated rings. The maximum Gasteiger partial charge on any atom is 0.264 e. The summed E-state index contributed by atoms with van der Waals surface area (Å²) in [5.41, 5.74) is 1.00. The van der Waals surface area contributed by atoms with Crippen molar-refractivity contribution in [2.45, 2.75) is 0 Å². The summed E-state index contributed by atoms with van der Waals surface area (Å²) in [5.74, 6) is -0.170. The van der Waals surface area contributed by atoms with Crippen LogP contribution in [0.25, 0.3) is 16.8 Å². The fraction of sp³-hybridized carbons (Fsp3) is 0. The highest BCUT2D eigenvalue weighted by Crippen LogP contribution is 2.28. The largest absolute Gasteiger partial charge is 0.300 e. The molecule has 96 valence electrons.